The van der Waals surface area contributed by atoms with Crippen LogP contribution in [0.4, 0.5) is 0 Å². The molecule has 6 nitrogen and oxygen atoms in total. The van der Waals surface area contributed by atoms with Crippen LogP contribution in [0, 0.1) is 5.92 Å². The first-order valence-corrected chi connectivity index (χ1v) is 9.85. The molecule has 0 atom stereocenters. The minimum Gasteiger partial charge on any atom is -0.497 e. The molecular weight excluding hydrogens is 344 g/mol. The van der Waals surface area contributed by atoms with Crippen LogP contribution in [0.3, 0.4) is 0 Å². The lowest BCUT2D eigenvalue weighted by Gasteiger charge is -2.34. The van der Waals surface area contributed by atoms with Crippen molar-refractivity contribution in [1.82, 2.24) is 9.80 Å². The molecular formula is C21H32N2O4. The molecule has 0 bridgehead atoms. The fourth-order valence-corrected chi connectivity index (χ4v) is 3.57. The normalized spacial score (nSPS) is 14.7. The standard InChI is InChI=1S/C21H32N2O4/c1-5-9-22(10-6-2)20(24)16-7-11-23(12-8-16)21(25)17-13-18(26-3)15-19(14-17)27-4/h13-16H,5-12H2,1-4H3. The summed E-state index contributed by atoms with van der Waals surface area (Å²) in [5.74, 6) is 1.41. The molecule has 1 heterocycles. The molecule has 0 N–H and O–H groups in total. The molecule has 1 saturated heterocycles. The molecule has 150 valence electrons. The van der Waals surface area contributed by atoms with E-state index in [1.54, 1.807) is 32.4 Å². The van der Waals surface area contributed by atoms with Gasteiger partial charge < -0.3 is 19.3 Å². The first-order chi connectivity index (χ1) is 13.0. The van der Waals surface area contributed by atoms with Gasteiger partial charge in [0.25, 0.3) is 5.91 Å². The van der Waals surface area contributed by atoms with Crippen molar-refractivity contribution in [2.24, 2.45) is 5.92 Å². The summed E-state index contributed by atoms with van der Waals surface area (Å²) in [7, 11) is 3.14. The molecule has 6 heteroatoms. The Hall–Kier alpha value is -2.24. The maximum absolute atomic E-state index is 12.9. The molecule has 2 rings (SSSR count). The van der Waals surface area contributed by atoms with Crippen molar-refractivity contribution >= 4 is 11.8 Å². The Balaban J connectivity index is 2.00. The molecule has 27 heavy (non-hydrogen) atoms. The number of rotatable bonds is 8. The van der Waals surface area contributed by atoms with Crippen LogP contribution in [0.1, 0.15) is 49.9 Å². The van der Waals surface area contributed by atoms with Crippen molar-refractivity contribution < 1.29 is 19.1 Å². The summed E-state index contributed by atoms with van der Waals surface area (Å²) in [6.07, 6.45) is 3.38. The van der Waals surface area contributed by atoms with Gasteiger partial charge in [-0.1, -0.05) is 13.8 Å². The zero-order valence-corrected chi connectivity index (χ0v) is 17.0. The zero-order chi connectivity index (χ0) is 19.8. The minimum atomic E-state index is -0.0444. The maximum Gasteiger partial charge on any atom is 0.254 e. The van der Waals surface area contributed by atoms with Crippen LogP contribution in [0.25, 0.3) is 0 Å². The second-order valence-corrected chi connectivity index (χ2v) is 6.99. The average Bonchev–Trinajstić information content (AvgIpc) is 2.72. The van der Waals surface area contributed by atoms with Gasteiger partial charge in [0.05, 0.1) is 14.2 Å². The van der Waals surface area contributed by atoms with E-state index in [1.807, 2.05) is 9.80 Å². The highest BCUT2D eigenvalue weighted by molar-refractivity contribution is 5.95. The lowest BCUT2D eigenvalue weighted by molar-refractivity contribution is -0.137. The topological polar surface area (TPSA) is 59.1 Å². The number of likely N-dealkylation sites (tertiary alicyclic amines) is 1. The highest BCUT2D eigenvalue weighted by Gasteiger charge is 2.30. The van der Waals surface area contributed by atoms with Crippen LogP contribution in [0.15, 0.2) is 18.2 Å². The van der Waals surface area contributed by atoms with E-state index in [-0.39, 0.29) is 17.7 Å². The fourth-order valence-electron chi connectivity index (χ4n) is 3.57. The van der Waals surface area contributed by atoms with E-state index >= 15 is 0 Å². The third-order valence-corrected chi connectivity index (χ3v) is 5.03. The first-order valence-electron chi connectivity index (χ1n) is 9.85. The summed E-state index contributed by atoms with van der Waals surface area (Å²) >= 11 is 0. The molecule has 0 spiro atoms. The van der Waals surface area contributed by atoms with Gasteiger partial charge in [-0.05, 0) is 37.8 Å². The van der Waals surface area contributed by atoms with Crippen LogP contribution < -0.4 is 9.47 Å². The van der Waals surface area contributed by atoms with Crippen LogP contribution in [0.5, 0.6) is 11.5 Å². The average molecular weight is 376 g/mol. The predicted molar refractivity (Wildman–Crippen MR) is 105 cm³/mol. The predicted octanol–water partition coefficient (Wildman–Crippen LogP) is 3.20. The van der Waals surface area contributed by atoms with E-state index in [4.69, 9.17) is 9.47 Å². The van der Waals surface area contributed by atoms with Crippen LogP contribution >= 0.6 is 0 Å². The number of methoxy groups -OCH3 is 2. The number of hydrogen-bond donors (Lipinski definition) is 0. The molecule has 1 fully saturated rings. The minimum absolute atomic E-state index is 0.0204. The zero-order valence-electron chi connectivity index (χ0n) is 17.0. The number of amides is 2. The van der Waals surface area contributed by atoms with Crippen molar-refractivity contribution in [2.75, 3.05) is 40.4 Å². The van der Waals surface area contributed by atoms with Crippen molar-refractivity contribution in [3.63, 3.8) is 0 Å². The van der Waals surface area contributed by atoms with Crippen LogP contribution in [-0.4, -0.2) is 62.0 Å². The second kappa shape index (κ2) is 10.2. The molecule has 0 aliphatic carbocycles. The lowest BCUT2D eigenvalue weighted by Crippen LogP contribution is -2.44. The van der Waals surface area contributed by atoms with E-state index in [0.29, 0.717) is 30.2 Å². The number of ether oxygens (including phenoxy) is 2. The SMILES string of the molecule is CCCN(CCC)C(=O)C1CCN(C(=O)c2cc(OC)cc(OC)c2)CC1. The summed E-state index contributed by atoms with van der Waals surface area (Å²) in [6, 6.07) is 5.20. The Bertz CT molecular complexity index is 611. The quantitative estimate of drug-likeness (QED) is 0.699. The van der Waals surface area contributed by atoms with Crippen molar-refractivity contribution in [1.29, 1.82) is 0 Å². The number of hydrogen-bond acceptors (Lipinski definition) is 4. The van der Waals surface area contributed by atoms with Gasteiger partial charge in [-0.3, -0.25) is 9.59 Å². The fraction of sp³-hybridized carbons (Fsp3) is 0.619. The smallest absolute Gasteiger partial charge is 0.254 e. The van der Waals surface area contributed by atoms with Gasteiger partial charge in [0.1, 0.15) is 11.5 Å². The molecule has 0 aromatic heterocycles. The van der Waals surface area contributed by atoms with Gasteiger partial charge >= 0.3 is 0 Å². The Kier molecular flexibility index (Phi) is 7.95. The van der Waals surface area contributed by atoms with E-state index < -0.39 is 0 Å². The first kappa shape index (κ1) is 21.1. The van der Waals surface area contributed by atoms with Crippen molar-refractivity contribution in [3.05, 3.63) is 23.8 Å². The Morgan fingerprint density at radius 2 is 1.52 bits per heavy atom. The van der Waals surface area contributed by atoms with Crippen LogP contribution in [-0.2, 0) is 4.79 Å². The van der Waals surface area contributed by atoms with E-state index in [9.17, 15) is 9.59 Å². The molecule has 1 aromatic rings. The maximum atomic E-state index is 12.9. The van der Waals surface area contributed by atoms with Gasteiger partial charge in [0.2, 0.25) is 5.91 Å². The molecule has 1 aliphatic heterocycles. The number of carbonyl (C=O) groups is 2. The largest absolute Gasteiger partial charge is 0.497 e. The highest BCUT2D eigenvalue weighted by Crippen LogP contribution is 2.26. The van der Waals surface area contributed by atoms with Crippen LogP contribution in [0.2, 0.25) is 0 Å². The second-order valence-electron chi connectivity index (χ2n) is 6.99. The number of piperidine rings is 1. The van der Waals surface area contributed by atoms with Gasteiger partial charge in [-0.2, -0.15) is 0 Å². The summed E-state index contributed by atoms with van der Waals surface area (Å²) in [5.41, 5.74) is 0.551. The summed E-state index contributed by atoms with van der Waals surface area (Å²) in [4.78, 5) is 29.5. The molecule has 0 radical (unpaired) electrons. The molecule has 0 unspecified atom stereocenters. The third kappa shape index (κ3) is 5.37. The van der Waals surface area contributed by atoms with Gasteiger partial charge in [-0.25, -0.2) is 0 Å². The monoisotopic (exact) mass is 376 g/mol. The third-order valence-electron chi connectivity index (χ3n) is 5.03. The Morgan fingerprint density at radius 1 is 1.00 bits per heavy atom. The van der Waals surface area contributed by atoms with Crippen molar-refractivity contribution in [2.45, 2.75) is 39.5 Å². The van der Waals surface area contributed by atoms with Gasteiger partial charge in [0, 0.05) is 43.7 Å². The number of benzene rings is 1. The number of carbonyl (C=O) groups excluding carboxylic acids is 2. The molecule has 1 aliphatic rings. The molecule has 2 amide bonds. The van der Waals surface area contributed by atoms with E-state index in [2.05, 4.69) is 13.8 Å². The Labute approximate surface area is 162 Å². The Morgan fingerprint density at radius 3 is 1.96 bits per heavy atom. The van der Waals surface area contributed by atoms with E-state index in [1.165, 1.54) is 0 Å². The highest BCUT2D eigenvalue weighted by atomic mass is 16.5. The molecule has 0 saturated carbocycles. The van der Waals surface area contributed by atoms with Gasteiger partial charge in [0.15, 0.2) is 0 Å². The molecule has 1 aromatic carbocycles. The number of nitrogens with zero attached hydrogens (tertiary/aromatic N) is 2. The van der Waals surface area contributed by atoms with Crippen molar-refractivity contribution in [3.8, 4) is 11.5 Å². The summed E-state index contributed by atoms with van der Waals surface area (Å²) in [6.45, 7) is 7.02. The summed E-state index contributed by atoms with van der Waals surface area (Å²) in [5, 5.41) is 0. The van der Waals surface area contributed by atoms with Gasteiger partial charge in [-0.15, -0.1) is 0 Å². The summed E-state index contributed by atoms with van der Waals surface area (Å²) < 4.78 is 10.5. The lowest BCUT2D eigenvalue weighted by atomic mass is 9.94. The van der Waals surface area contributed by atoms with E-state index in [0.717, 1.165) is 38.8 Å².